The van der Waals surface area contributed by atoms with E-state index in [1.165, 1.54) is 10.4 Å². The summed E-state index contributed by atoms with van der Waals surface area (Å²) in [4.78, 5) is 12.9. The summed E-state index contributed by atoms with van der Waals surface area (Å²) in [5, 5.41) is 6.26. The van der Waals surface area contributed by atoms with Crippen LogP contribution in [0.25, 0.3) is 0 Å². The van der Waals surface area contributed by atoms with Gasteiger partial charge in [-0.05, 0) is 31.1 Å². The van der Waals surface area contributed by atoms with Crippen molar-refractivity contribution >= 4 is 11.3 Å². The summed E-state index contributed by atoms with van der Waals surface area (Å²) in [5.74, 6) is 1.44. The molecular formula is C16H25N5OS. The predicted octanol–water partition coefficient (Wildman–Crippen LogP) is 1.82. The van der Waals surface area contributed by atoms with E-state index in [9.17, 15) is 0 Å². The second kappa shape index (κ2) is 7.53. The molecule has 1 saturated heterocycles. The fourth-order valence-corrected chi connectivity index (χ4v) is 3.81. The highest BCUT2D eigenvalue weighted by molar-refractivity contribution is 7.10. The number of nitrogens with zero attached hydrogens (tertiary/aromatic N) is 5. The topological polar surface area (TPSA) is 48.6 Å². The van der Waals surface area contributed by atoms with Crippen LogP contribution in [0, 0.1) is 6.92 Å². The van der Waals surface area contributed by atoms with Crippen LogP contribution in [0.4, 0.5) is 0 Å². The molecule has 0 amide bonds. The Balaban J connectivity index is 1.44. The zero-order valence-electron chi connectivity index (χ0n) is 14.2. The number of aryl methyl sites for hydroxylation is 1. The molecule has 6 nitrogen and oxygen atoms in total. The molecule has 1 aliphatic rings. The van der Waals surface area contributed by atoms with Gasteiger partial charge in [-0.3, -0.25) is 9.80 Å². The molecule has 1 fully saturated rings. The molecule has 0 unspecified atom stereocenters. The second-order valence-electron chi connectivity index (χ2n) is 6.44. The molecule has 0 spiro atoms. The number of hydrogen-bond donors (Lipinski definition) is 0. The summed E-state index contributed by atoms with van der Waals surface area (Å²) in [5.41, 5.74) is 1.42. The van der Waals surface area contributed by atoms with E-state index in [1.807, 2.05) is 18.3 Å². The maximum Gasteiger partial charge on any atom is 0.223 e. The number of hydrogen-bond acceptors (Lipinski definition) is 7. The van der Waals surface area contributed by atoms with E-state index >= 15 is 0 Å². The van der Waals surface area contributed by atoms with Crippen LogP contribution in [0.15, 0.2) is 16.0 Å². The van der Waals surface area contributed by atoms with Gasteiger partial charge in [0.1, 0.15) is 0 Å². The second-order valence-corrected chi connectivity index (χ2v) is 7.44. The van der Waals surface area contributed by atoms with Crippen LogP contribution in [0.5, 0.6) is 0 Å². The van der Waals surface area contributed by atoms with Crippen molar-refractivity contribution in [2.45, 2.75) is 26.6 Å². The molecule has 126 valence electrons. The third kappa shape index (κ3) is 4.84. The molecule has 7 heteroatoms. The Hall–Kier alpha value is -1.28. The van der Waals surface area contributed by atoms with Gasteiger partial charge in [-0.1, -0.05) is 5.16 Å². The smallest absolute Gasteiger partial charge is 0.223 e. The zero-order valence-corrected chi connectivity index (χ0v) is 15.0. The lowest BCUT2D eigenvalue weighted by atomic mass is 10.2. The fourth-order valence-electron chi connectivity index (χ4n) is 2.89. The molecule has 0 aromatic carbocycles. The normalized spacial score (nSPS) is 17.2. The van der Waals surface area contributed by atoms with Crippen LogP contribution in [0.1, 0.15) is 22.2 Å². The van der Waals surface area contributed by atoms with Crippen LogP contribution < -0.4 is 0 Å². The van der Waals surface area contributed by atoms with Gasteiger partial charge in [0, 0.05) is 51.1 Å². The van der Waals surface area contributed by atoms with Gasteiger partial charge in [-0.15, -0.1) is 11.3 Å². The molecule has 0 aliphatic carbocycles. The molecule has 23 heavy (non-hydrogen) atoms. The summed E-state index contributed by atoms with van der Waals surface area (Å²) >= 11 is 1.88. The van der Waals surface area contributed by atoms with E-state index in [1.54, 1.807) is 0 Å². The Morgan fingerprint density at radius 3 is 2.48 bits per heavy atom. The van der Waals surface area contributed by atoms with Crippen molar-refractivity contribution in [2.24, 2.45) is 0 Å². The molecule has 3 heterocycles. The quantitative estimate of drug-likeness (QED) is 0.802. The monoisotopic (exact) mass is 335 g/mol. The van der Waals surface area contributed by atoms with E-state index < -0.39 is 0 Å². The summed E-state index contributed by atoms with van der Waals surface area (Å²) in [6, 6.07) is 2.35. The van der Waals surface area contributed by atoms with Gasteiger partial charge >= 0.3 is 0 Å². The summed E-state index contributed by atoms with van der Waals surface area (Å²) in [7, 11) is 4.23. The van der Waals surface area contributed by atoms with Gasteiger partial charge in [-0.2, -0.15) is 4.98 Å². The van der Waals surface area contributed by atoms with Crippen LogP contribution >= 0.6 is 11.3 Å². The first kappa shape index (κ1) is 16.6. The highest BCUT2D eigenvalue weighted by Gasteiger charge is 2.19. The first-order valence-electron chi connectivity index (χ1n) is 8.03. The largest absolute Gasteiger partial charge is 0.340 e. The first-order chi connectivity index (χ1) is 11.1. The molecule has 2 aromatic rings. The Morgan fingerprint density at radius 2 is 1.87 bits per heavy atom. The third-order valence-electron chi connectivity index (χ3n) is 3.99. The highest BCUT2D eigenvalue weighted by Crippen LogP contribution is 2.19. The van der Waals surface area contributed by atoms with Crippen LogP contribution in [0.2, 0.25) is 0 Å². The minimum absolute atomic E-state index is 0.643. The van der Waals surface area contributed by atoms with Gasteiger partial charge in [0.05, 0.1) is 6.54 Å². The summed E-state index contributed by atoms with van der Waals surface area (Å²) in [6.07, 6.45) is 0. The lowest BCUT2D eigenvalue weighted by molar-refractivity contribution is 0.120. The third-order valence-corrected chi connectivity index (χ3v) is 4.96. The standard InChI is InChI=1S/C16H25N5OS/c1-13-17-16(18-22-13)11-21-6-4-20(5-7-21)10-15-8-14(12-23-15)9-19(2)3/h8,12H,4-7,9-11H2,1-3H3. The van der Waals surface area contributed by atoms with E-state index in [2.05, 4.69) is 50.4 Å². The summed E-state index contributed by atoms with van der Waals surface area (Å²) < 4.78 is 5.04. The van der Waals surface area contributed by atoms with Gasteiger partial charge in [-0.25, -0.2) is 0 Å². The molecule has 3 rings (SSSR count). The van der Waals surface area contributed by atoms with E-state index in [0.29, 0.717) is 5.89 Å². The van der Waals surface area contributed by atoms with E-state index in [-0.39, 0.29) is 0 Å². The SMILES string of the molecule is Cc1nc(CN2CCN(Cc3cc(CN(C)C)cs3)CC2)no1. The molecular weight excluding hydrogens is 310 g/mol. The van der Waals surface area contributed by atoms with Crippen molar-refractivity contribution in [3.05, 3.63) is 33.6 Å². The molecule has 0 bridgehead atoms. The van der Waals surface area contributed by atoms with Crippen molar-refractivity contribution in [3.8, 4) is 0 Å². The molecule has 0 atom stereocenters. The number of aromatic nitrogens is 2. The molecule has 1 aliphatic heterocycles. The first-order valence-corrected chi connectivity index (χ1v) is 8.91. The molecule has 2 aromatic heterocycles. The summed E-state index contributed by atoms with van der Waals surface area (Å²) in [6.45, 7) is 9.02. The Morgan fingerprint density at radius 1 is 1.17 bits per heavy atom. The van der Waals surface area contributed by atoms with Crippen LogP contribution in [-0.2, 0) is 19.6 Å². The lowest BCUT2D eigenvalue weighted by Crippen LogP contribution is -2.45. The maximum atomic E-state index is 5.04. The average molecular weight is 335 g/mol. The maximum absolute atomic E-state index is 5.04. The minimum atomic E-state index is 0.643. The van der Waals surface area contributed by atoms with E-state index in [0.717, 1.165) is 51.6 Å². The molecule has 0 radical (unpaired) electrons. The predicted molar refractivity (Wildman–Crippen MR) is 91.3 cm³/mol. The van der Waals surface area contributed by atoms with Crippen molar-refractivity contribution in [1.82, 2.24) is 24.8 Å². The number of thiophene rings is 1. The van der Waals surface area contributed by atoms with Crippen molar-refractivity contribution in [2.75, 3.05) is 40.3 Å². The van der Waals surface area contributed by atoms with Gasteiger partial charge < -0.3 is 9.42 Å². The number of rotatable bonds is 6. The van der Waals surface area contributed by atoms with Crippen LogP contribution in [-0.4, -0.2) is 65.1 Å². The Bertz CT molecular complexity index is 616. The highest BCUT2D eigenvalue weighted by atomic mass is 32.1. The van der Waals surface area contributed by atoms with Crippen molar-refractivity contribution < 1.29 is 4.52 Å². The Kier molecular flexibility index (Phi) is 5.42. The lowest BCUT2D eigenvalue weighted by Gasteiger charge is -2.33. The van der Waals surface area contributed by atoms with Crippen molar-refractivity contribution in [1.29, 1.82) is 0 Å². The van der Waals surface area contributed by atoms with Gasteiger partial charge in [0.2, 0.25) is 5.89 Å². The number of piperazine rings is 1. The zero-order chi connectivity index (χ0) is 16.2. The fraction of sp³-hybridized carbons (Fsp3) is 0.625. The van der Waals surface area contributed by atoms with E-state index in [4.69, 9.17) is 4.52 Å². The minimum Gasteiger partial charge on any atom is -0.340 e. The Labute approximate surface area is 141 Å². The molecule has 0 saturated carbocycles. The van der Waals surface area contributed by atoms with Gasteiger partial charge in [0.15, 0.2) is 5.82 Å². The van der Waals surface area contributed by atoms with Crippen molar-refractivity contribution in [3.63, 3.8) is 0 Å². The van der Waals surface area contributed by atoms with Gasteiger partial charge in [0.25, 0.3) is 0 Å². The average Bonchev–Trinajstić information content (AvgIpc) is 3.10. The molecule has 0 N–H and O–H groups in total. The van der Waals surface area contributed by atoms with Crippen LogP contribution in [0.3, 0.4) is 0 Å².